The molecule has 1 amide bonds. The number of nitrogens with zero attached hydrogens (tertiary/aromatic N) is 1. The van der Waals surface area contributed by atoms with Crippen molar-refractivity contribution in [3.63, 3.8) is 0 Å². The predicted octanol–water partition coefficient (Wildman–Crippen LogP) is 3.90. The van der Waals surface area contributed by atoms with Crippen molar-refractivity contribution >= 4 is 5.91 Å². The number of benzene rings is 1. The van der Waals surface area contributed by atoms with Gasteiger partial charge in [0.15, 0.2) is 11.5 Å². The van der Waals surface area contributed by atoms with E-state index in [0.717, 1.165) is 17.4 Å². The van der Waals surface area contributed by atoms with Crippen LogP contribution in [0.2, 0.25) is 0 Å². The van der Waals surface area contributed by atoms with Crippen LogP contribution in [0.15, 0.2) is 34.9 Å². The predicted molar refractivity (Wildman–Crippen MR) is 94.4 cm³/mol. The fraction of sp³-hybridized carbons (Fsp3) is 0.500. The van der Waals surface area contributed by atoms with Crippen LogP contribution in [-0.4, -0.2) is 24.2 Å². The number of hydrogen-bond acceptors (Lipinski definition) is 4. The smallest absolute Gasteiger partial charge is 0.273 e. The summed E-state index contributed by atoms with van der Waals surface area (Å²) in [6.07, 6.45) is 5.27. The highest BCUT2D eigenvalue weighted by molar-refractivity contribution is 5.93. The molecular formula is C20H24N2O3. The second-order valence-electron chi connectivity index (χ2n) is 7.38. The minimum atomic E-state index is -0.167. The zero-order valence-electron chi connectivity index (χ0n) is 14.7. The van der Waals surface area contributed by atoms with Crippen molar-refractivity contribution in [2.75, 3.05) is 7.11 Å². The van der Waals surface area contributed by atoms with Gasteiger partial charge < -0.3 is 14.6 Å². The van der Waals surface area contributed by atoms with Gasteiger partial charge in [0, 0.05) is 12.1 Å². The number of methoxy groups -OCH3 is 1. The number of rotatable bonds is 5. The highest BCUT2D eigenvalue weighted by Gasteiger charge is 2.42. The van der Waals surface area contributed by atoms with E-state index in [1.165, 1.54) is 25.7 Å². The molecule has 1 N–H and O–H groups in total. The van der Waals surface area contributed by atoms with Gasteiger partial charge in [-0.3, -0.25) is 4.79 Å². The lowest BCUT2D eigenvalue weighted by atomic mass is 9.84. The Morgan fingerprint density at radius 1 is 1.32 bits per heavy atom. The normalized spacial score (nSPS) is 25.8. The Morgan fingerprint density at radius 3 is 2.88 bits per heavy atom. The first-order valence-electron chi connectivity index (χ1n) is 9.06. The summed E-state index contributed by atoms with van der Waals surface area (Å²) in [6, 6.07) is 9.39. The van der Waals surface area contributed by atoms with Gasteiger partial charge in [-0.25, -0.2) is 0 Å². The molecule has 132 valence electrons. The summed E-state index contributed by atoms with van der Waals surface area (Å²) in [4.78, 5) is 12.6. The summed E-state index contributed by atoms with van der Waals surface area (Å²) in [5.74, 6) is 3.32. The molecule has 5 nitrogen and oxygen atoms in total. The topological polar surface area (TPSA) is 64.4 Å². The maximum atomic E-state index is 12.6. The van der Waals surface area contributed by atoms with Crippen molar-refractivity contribution < 1.29 is 14.1 Å². The number of carbonyl (C=O) groups is 1. The molecule has 4 atom stereocenters. The maximum Gasteiger partial charge on any atom is 0.273 e. The van der Waals surface area contributed by atoms with E-state index >= 15 is 0 Å². The summed E-state index contributed by atoms with van der Waals surface area (Å²) in [7, 11) is 1.61. The van der Waals surface area contributed by atoms with E-state index in [-0.39, 0.29) is 11.9 Å². The SMILES string of the molecule is COc1ccccc1-c1cc(C(=O)N[C@H](C)[C@H]2C[C@H]3CC[C@H]2C3)no1. The molecule has 0 aliphatic heterocycles. The van der Waals surface area contributed by atoms with Crippen molar-refractivity contribution in [1.82, 2.24) is 10.5 Å². The molecule has 25 heavy (non-hydrogen) atoms. The van der Waals surface area contributed by atoms with E-state index in [4.69, 9.17) is 9.26 Å². The van der Waals surface area contributed by atoms with E-state index < -0.39 is 0 Å². The van der Waals surface area contributed by atoms with E-state index in [2.05, 4.69) is 17.4 Å². The number of nitrogens with one attached hydrogen (secondary N) is 1. The summed E-state index contributed by atoms with van der Waals surface area (Å²) >= 11 is 0. The van der Waals surface area contributed by atoms with Gasteiger partial charge >= 0.3 is 0 Å². The quantitative estimate of drug-likeness (QED) is 0.896. The molecule has 2 saturated carbocycles. The summed E-state index contributed by atoms with van der Waals surface area (Å²) in [5.41, 5.74) is 1.11. The lowest BCUT2D eigenvalue weighted by Gasteiger charge is -2.28. The minimum Gasteiger partial charge on any atom is -0.496 e. The molecule has 1 aromatic heterocycles. The van der Waals surface area contributed by atoms with Crippen LogP contribution in [0.25, 0.3) is 11.3 Å². The largest absolute Gasteiger partial charge is 0.496 e. The molecular weight excluding hydrogens is 316 g/mol. The minimum absolute atomic E-state index is 0.167. The third-order valence-corrected chi connectivity index (χ3v) is 5.91. The standard InChI is InChI=1S/C20H24N2O3/c1-12(16-10-13-7-8-14(16)9-13)21-20(23)17-11-19(25-22-17)15-5-3-4-6-18(15)24-2/h3-6,11-14,16H,7-10H2,1-2H3,(H,21,23)/t12-,13+,14+,16-/m1/s1. The van der Waals surface area contributed by atoms with Gasteiger partial charge in [-0.05, 0) is 56.1 Å². The average molecular weight is 340 g/mol. The monoisotopic (exact) mass is 340 g/mol. The van der Waals surface area contributed by atoms with Crippen LogP contribution in [0.5, 0.6) is 5.75 Å². The number of para-hydroxylation sites is 1. The van der Waals surface area contributed by atoms with Gasteiger partial charge in [0.2, 0.25) is 0 Å². The van der Waals surface area contributed by atoms with Crippen LogP contribution >= 0.6 is 0 Å². The third-order valence-electron chi connectivity index (χ3n) is 5.91. The Bertz CT molecular complexity index is 770. The summed E-state index contributed by atoms with van der Waals surface area (Å²) < 4.78 is 10.7. The van der Waals surface area contributed by atoms with Crippen LogP contribution in [0.3, 0.4) is 0 Å². The number of hydrogen-bond donors (Lipinski definition) is 1. The Morgan fingerprint density at radius 2 is 2.16 bits per heavy atom. The first-order valence-corrected chi connectivity index (χ1v) is 9.06. The molecule has 2 bridgehead atoms. The number of carbonyl (C=O) groups excluding carboxylic acids is 1. The van der Waals surface area contributed by atoms with Gasteiger partial charge in [-0.1, -0.05) is 23.7 Å². The second kappa shape index (κ2) is 6.54. The third kappa shape index (κ3) is 3.03. The van der Waals surface area contributed by atoms with Crippen molar-refractivity contribution in [3.8, 4) is 17.1 Å². The Kier molecular flexibility index (Phi) is 4.24. The van der Waals surface area contributed by atoms with Gasteiger partial charge in [0.05, 0.1) is 12.7 Å². The van der Waals surface area contributed by atoms with Crippen molar-refractivity contribution in [1.29, 1.82) is 0 Å². The molecule has 1 heterocycles. The molecule has 2 aliphatic carbocycles. The van der Waals surface area contributed by atoms with Gasteiger partial charge in [-0.15, -0.1) is 0 Å². The average Bonchev–Trinajstić information content (AvgIpc) is 3.37. The number of fused-ring (bicyclic) bond motifs is 2. The van der Waals surface area contributed by atoms with Crippen molar-refractivity contribution in [2.45, 2.75) is 38.6 Å². The lowest BCUT2D eigenvalue weighted by Crippen LogP contribution is -2.40. The highest BCUT2D eigenvalue weighted by atomic mass is 16.5. The summed E-state index contributed by atoms with van der Waals surface area (Å²) in [5, 5.41) is 7.08. The molecule has 0 unspecified atom stereocenters. The first kappa shape index (κ1) is 16.2. The molecule has 1 aromatic carbocycles. The maximum absolute atomic E-state index is 12.6. The Hall–Kier alpha value is -2.30. The molecule has 4 rings (SSSR count). The van der Waals surface area contributed by atoms with E-state index in [9.17, 15) is 4.79 Å². The van der Waals surface area contributed by atoms with E-state index in [1.807, 2.05) is 24.3 Å². The van der Waals surface area contributed by atoms with Crippen LogP contribution in [0.4, 0.5) is 0 Å². The van der Waals surface area contributed by atoms with Crippen LogP contribution in [-0.2, 0) is 0 Å². The van der Waals surface area contributed by atoms with Crippen LogP contribution in [0.1, 0.15) is 43.1 Å². The van der Waals surface area contributed by atoms with E-state index in [0.29, 0.717) is 23.1 Å². The Labute approximate surface area is 147 Å². The molecule has 0 spiro atoms. The second-order valence-corrected chi connectivity index (χ2v) is 7.38. The van der Waals surface area contributed by atoms with Crippen molar-refractivity contribution in [3.05, 3.63) is 36.0 Å². The molecule has 0 saturated heterocycles. The van der Waals surface area contributed by atoms with Crippen molar-refractivity contribution in [2.24, 2.45) is 17.8 Å². The fourth-order valence-electron chi connectivity index (χ4n) is 4.65. The van der Waals surface area contributed by atoms with Gasteiger partial charge in [0.1, 0.15) is 5.75 Å². The van der Waals surface area contributed by atoms with Gasteiger partial charge in [-0.2, -0.15) is 0 Å². The fourth-order valence-corrected chi connectivity index (χ4v) is 4.65. The zero-order chi connectivity index (χ0) is 17.4. The van der Waals surface area contributed by atoms with Crippen LogP contribution < -0.4 is 10.1 Å². The number of ether oxygens (including phenoxy) is 1. The first-order chi connectivity index (χ1) is 12.2. The Balaban J connectivity index is 1.45. The lowest BCUT2D eigenvalue weighted by molar-refractivity contribution is 0.0906. The molecule has 2 fully saturated rings. The molecule has 5 heteroatoms. The van der Waals surface area contributed by atoms with Gasteiger partial charge in [0.25, 0.3) is 5.91 Å². The molecule has 2 aromatic rings. The van der Waals surface area contributed by atoms with E-state index in [1.54, 1.807) is 13.2 Å². The van der Waals surface area contributed by atoms with Crippen LogP contribution in [0, 0.1) is 17.8 Å². The highest BCUT2D eigenvalue weighted by Crippen LogP contribution is 2.49. The zero-order valence-corrected chi connectivity index (χ0v) is 14.7. The molecule has 2 aliphatic rings. The number of amides is 1. The number of aromatic nitrogens is 1. The molecule has 0 radical (unpaired) electrons. The summed E-state index contributed by atoms with van der Waals surface area (Å²) in [6.45, 7) is 2.12.